The number of nitrogens with zero attached hydrogens (tertiary/aromatic N) is 2. The molecule has 2 heterocycles. The average Bonchev–Trinajstić information content (AvgIpc) is 2.54. The van der Waals surface area contributed by atoms with Gasteiger partial charge in [0, 0.05) is 30.8 Å². The number of ketones is 1. The minimum absolute atomic E-state index is 0.0591. The number of pyridine rings is 1. The number of nitrogens with two attached hydrogens (primary N) is 2. The number of hydrogen-bond donors (Lipinski definition) is 2. The molecule has 0 aliphatic carbocycles. The van der Waals surface area contributed by atoms with Gasteiger partial charge in [-0.2, -0.15) is 0 Å². The lowest BCUT2D eigenvalue weighted by Gasteiger charge is -2.33. The number of aromatic nitrogens is 1. The number of carbonyl (C=O) groups excluding carboxylic acids is 1. The maximum absolute atomic E-state index is 12.1. The summed E-state index contributed by atoms with van der Waals surface area (Å²) in [5, 5.41) is 0. The van der Waals surface area contributed by atoms with Crippen LogP contribution in [0.3, 0.4) is 0 Å². The molecule has 1 aliphatic rings. The predicted molar refractivity (Wildman–Crippen MR) is 89.6 cm³/mol. The van der Waals surface area contributed by atoms with Crippen molar-refractivity contribution in [3.63, 3.8) is 0 Å². The molecule has 2 rings (SSSR count). The van der Waals surface area contributed by atoms with E-state index in [1.807, 2.05) is 0 Å². The molecule has 0 amide bonds. The molecule has 5 heteroatoms. The molecule has 1 saturated heterocycles. The first-order chi connectivity index (χ1) is 10.6. The van der Waals surface area contributed by atoms with E-state index in [2.05, 4.69) is 16.8 Å². The Labute approximate surface area is 133 Å². The molecule has 0 aromatic carbocycles. The van der Waals surface area contributed by atoms with Crippen LogP contribution >= 0.6 is 0 Å². The smallest absolute Gasteiger partial charge is 0.164 e. The van der Waals surface area contributed by atoms with Crippen molar-refractivity contribution >= 4 is 11.6 Å². The number of nitrogen functional groups attached to an aromatic ring is 1. The fraction of sp³-hybridized carbons (Fsp3) is 0.647. The summed E-state index contributed by atoms with van der Waals surface area (Å²) in [6, 6.07) is 3.44. The summed E-state index contributed by atoms with van der Waals surface area (Å²) >= 11 is 0. The van der Waals surface area contributed by atoms with Crippen molar-refractivity contribution in [3.8, 4) is 0 Å². The monoisotopic (exact) mass is 304 g/mol. The summed E-state index contributed by atoms with van der Waals surface area (Å²) in [5.74, 6) is 1.41. The van der Waals surface area contributed by atoms with Crippen LogP contribution in [0.15, 0.2) is 18.3 Å². The highest BCUT2D eigenvalue weighted by atomic mass is 16.1. The van der Waals surface area contributed by atoms with Crippen molar-refractivity contribution in [2.75, 3.05) is 25.4 Å². The Kier molecular flexibility index (Phi) is 6.34. The Morgan fingerprint density at radius 3 is 2.73 bits per heavy atom. The largest absolute Gasteiger partial charge is 0.384 e. The Balaban J connectivity index is 1.70. The van der Waals surface area contributed by atoms with Gasteiger partial charge in [-0.3, -0.25) is 4.79 Å². The van der Waals surface area contributed by atoms with Gasteiger partial charge in [-0.05, 0) is 50.4 Å². The van der Waals surface area contributed by atoms with Crippen molar-refractivity contribution in [2.45, 2.75) is 45.1 Å². The molecule has 22 heavy (non-hydrogen) atoms. The maximum Gasteiger partial charge on any atom is 0.164 e. The number of likely N-dealkylation sites (tertiary alicyclic amines) is 1. The maximum atomic E-state index is 12.1. The summed E-state index contributed by atoms with van der Waals surface area (Å²) in [6.07, 6.45) is 6.57. The molecule has 0 bridgehead atoms. The fourth-order valence-electron chi connectivity index (χ4n) is 3.03. The molecule has 122 valence electrons. The third-order valence-corrected chi connectivity index (χ3v) is 4.63. The van der Waals surface area contributed by atoms with Crippen molar-refractivity contribution in [2.24, 2.45) is 11.7 Å². The number of rotatable bonds is 7. The van der Waals surface area contributed by atoms with Crippen molar-refractivity contribution in [1.29, 1.82) is 0 Å². The quantitative estimate of drug-likeness (QED) is 0.753. The molecule has 0 radical (unpaired) electrons. The first-order valence-electron chi connectivity index (χ1n) is 8.31. The van der Waals surface area contributed by atoms with Crippen LogP contribution in [0.2, 0.25) is 0 Å². The second-order valence-corrected chi connectivity index (χ2v) is 6.35. The van der Waals surface area contributed by atoms with Crippen molar-refractivity contribution in [3.05, 3.63) is 23.9 Å². The second kappa shape index (κ2) is 8.25. The Morgan fingerprint density at radius 2 is 2.14 bits per heavy atom. The third kappa shape index (κ3) is 5.07. The molecule has 1 aromatic heterocycles. The lowest BCUT2D eigenvalue weighted by atomic mass is 9.94. The lowest BCUT2D eigenvalue weighted by Crippen LogP contribution is -2.42. The number of carbonyl (C=O) groups is 1. The zero-order chi connectivity index (χ0) is 15.9. The molecule has 5 nitrogen and oxygen atoms in total. The topological polar surface area (TPSA) is 85.2 Å². The van der Waals surface area contributed by atoms with Gasteiger partial charge in [0.15, 0.2) is 5.78 Å². The van der Waals surface area contributed by atoms with E-state index in [1.54, 1.807) is 18.3 Å². The van der Waals surface area contributed by atoms with Crippen LogP contribution < -0.4 is 11.5 Å². The Bertz CT molecular complexity index is 466. The minimum atomic E-state index is 0.0591. The van der Waals surface area contributed by atoms with E-state index >= 15 is 0 Å². The molecule has 1 aliphatic heterocycles. The first kappa shape index (κ1) is 16.9. The number of anilines is 1. The van der Waals surface area contributed by atoms with Crippen LogP contribution in [0.25, 0.3) is 0 Å². The van der Waals surface area contributed by atoms with Crippen LogP contribution in [0.5, 0.6) is 0 Å². The van der Waals surface area contributed by atoms with E-state index < -0.39 is 0 Å². The van der Waals surface area contributed by atoms with Gasteiger partial charge in [-0.15, -0.1) is 0 Å². The van der Waals surface area contributed by atoms with Gasteiger partial charge in [0.1, 0.15) is 5.82 Å². The zero-order valence-electron chi connectivity index (χ0n) is 13.5. The van der Waals surface area contributed by atoms with Gasteiger partial charge in [-0.1, -0.05) is 13.3 Å². The fourth-order valence-corrected chi connectivity index (χ4v) is 3.03. The van der Waals surface area contributed by atoms with Crippen LogP contribution in [0.4, 0.5) is 5.82 Å². The van der Waals surface area contributed by atoms with Crippen molar-refractivity contribution < 1.29 is 4.79 Å². The average molecular weight is 304 g/mol. The first-order valence-corrected chi connectivity index (χ1v) is 8.31. The van der Waals surface area contributed by atoms with E-state index in [-0.39, 0.29) is 11.8 Å². The minimum Gasteiger partial charge on any atom is -0.384 e. The van der Waals surface area contributed by atoms with Gasteiger partial charge in [0.2, 0.25) is 0 Å². The number of hydrogen-bond acceptors (Lipinski definition) is 5. The highest BCUT2D eigenvalue weighted by molar-refractivity contribution is 5.95. The zero-order valence-corrected chi connectivity index (χ0v) is 13.5. The lowest BCUT2D eigenvalue weighted by molar-refractivity contribution is 0.0972. The molecule has 0 unspecified atom stereocenters. The normalized spacial score (nSPS) is 18.3. The van der Waals surface area contributed by atoms with Gasteiger partial charge < -0.3 is 16.4 Å². The van der Waals surface area contributed by atoms with Gasteiger partial charge in [0.25, 0.3) is 0 Å². The van der Waals surface area contributed by atoms with Crippen molar-refractivity contribution in [1.82, 2.24) is 9.88 Å². The van der Waals surface area contributed by atoms with E-state index in [0.29, 0.717) is 17.8 Å². The molecular weight excluding hydrogens is 276 g/mol. The van der Waals surface area contributed by atoms with E-state index in [4.69, 9.17) is 11.5 Å². The van der Waals surface area contributed by atoms with E-state index in [9.17, 15) is 4.79 Å². The molecule has 1 atom stereocenters. The van der Waals surface area contributed by atoms with Gasteiger partial charge >= 0.3 is 0 Å². The summed E-state index contributed by atoms with van der Waals surface area (Å²) in [4.78, 5) is 18.5. The summed E-state index contributed by atoms with van der Waals surface area (Å²) in [6.45, 7) is 5.44. The van der Waals surface area contributed by atoms with E-state index in [0.717, 1.165) is 32.0 Å². The summed E-state index contributed by atoms with van der Waals surface area (Å²) in [5.41, 5.74) is 12.3. The summed E-state index contributed by atoms with van der Waals surface area (Å²) < 4.78 is 0. The highest BCUT2D eigenvalue weighted by Gasteiger charge is 2.19. The molecule has 1 aromatic rings. The Hall–Kier alpha value is -1.46. The third-order valence-electron chi connectivity index (χ3n) is 4.63. The molecule has 1 fully saturated rings. The highest BCUT2D eigenvalue weighted by Crippen LogP contribution is 2.20. The molecule has 0 spiro atoms. The number of piperidine rings is 1. The standard InChI is InChI=1S/C17H28N4O/c1-2-13-7-9-21(10-8-13)12-15(18)4-5-16(22)14-3-6-17(19)20-11-14/h3,6,11,13,15H,2,4-5,7-10,12,18H2,1H3,(H2,19,20)/t15-/m0/s1. The van der Waals surface area contributed by atoms with Crippen LogP contribution in [-0.2, 0) is 0 Å². The SMILES string of the molecule is CCC1CCN(C[C@@H](N)CCC(=O)c2ccc(N)nc2)CC1. The van der Waals surface area contributed by atoms with Gasteiger partial charge in [0.05, 0.1) is 0 Å². The van der Waals surface area contributed by atoms with Crippen LogP contribution in [-0.4, -0.2) is 41.3 Å². The van der Waals surface area contributed by atoms with E-state index in [1.165, 1.54) is 19.3 Å². The molecule has 0 saturated carbocycles. The number of Topliss-reactive ketones (excluding diaryl/α,β-unsaturated/α-hetero) is 1. The van der Waals surface area contributed by atoms with Crippen LogP contribution in [0, 0.1) is 5.92 Å². The van der Waals surface area contributed by atoms with Gasteiger partial charge in [-0.25, -0.2) is 4.98 Å². The predicted octanol–water partition coefficient (Wildman–Crippen LogP) is 2.08. The van der Waals surface area contributed by atoms with Crippen LogP contribution in [0.1, 0.15) is 49.4 Å². The summed E-state index contributed by atoms with van der Waals surface area (Å²) in [7, 11) is 0. The molecule has 4 N–H and O–H groups in total. The molecular formula is C17H28N4O. The Morgan fingerprint density at radius 1 is 1.41 bits per heavy atom. The second-order valence-electron chi connectivity index (χ2n) is 6.35.